The maximum absolute atomic E-state index is 12.5. The van der Waals surface area contributed by atoms with Crippen molar-refractivity contribution in [3.8, 4) is 0 Å². The van der Waals surface area contributed by atoms with E-state index < -0.39 is 0 Å². The van der Waals surface area contributed by atoms with Crippen LogP contribution in [0.2, 0.25) is 0 Å². The normalized spacial score (nSPS) is 15.3. The van der Waals surface area contributed by atoms with Crippen LogP contribution < -0.4 is 5.56 Å². The number of hydrogen-bond donors (Lipinski definition) is 0. The van der Waals surface area contributed by atoms with Gasteiger partial charge in [-0.2, -0.15) is 5.10 Å². The summed E-state index contributed by atoms with van der Waals surface area (Å²) in [5.74, 6) is 0.103. The van der Waals surface area contributed by atoms with Crippen LogP contribution in [0.5, 0.6) is 0 Å². The fourth-order valence-corrected chi connectivity index (χ4v) is 2.43. The summed E-state index contributed by atoms with van der Waals surface area (Å²) in [7, 11) is 0. The number of hydrogen-bond acceptors (Lipinski definition) is 4. The number of carbonyl (C=O) groups excluding carboxylic acids is 2. The molecule has 2 heterocycles. The summed E-state index contributed by atoms with van der Waals surface area (Å²) in [6.45, 7) is 8.04. The maximum atomic E-state index is 12.5. The topological polar surface area (TPSA) is 75.5 Å². The molecule has 0 atom stereocenters. The highest BCUT2D eigenvalue weighted by Crippen LogP contribution is 2.07. The Hall–Kier alpha value is -2.18. The Kier molecular flexibility index (Phi) is 4.95. The second kappa shape index (κ2) is 6.72. The van der Waals surface area contributed by atoms with Crippen molar-refractivity contribution in [1.82, 2.24) is 19.6 Å². The quantitative estimate of drug-likeness (QED) is 0.799. The minimum absolute atomic E-state index is 0.0238. The molecular formula is C15H22N4O3. The predicted octanol–water partition coefficient (Wildman–Crippen LogP) is 0.204. The molecule has 2 amide bonds. The summed E-state index contributed by atoms with van der Waals surface area (Å²) in [6, 6.07) is 2.85. The molecule has 22 heavy (non-hydrogen) atoms. The van der Waals surface area contributed by atoms with E-state index in [2.05, 4.69) is 5.10 Å². The molecule has 7 heteroatoms. The van der Waals surface area contributed by atoms with Gasteiger partial charge in [0.05, 0.1) is 0 Å². The van der Waals surface area contributed by atoms with Crippen LogP contribution in [0.15, 0.2) is 16.9 Å². The van der Waals surface area contributed by atoms with Crippen LogP contribution in [0.1, 0.15) is 31.3 Å². The van der Waals surface area contributed by atoms with Gasteiger partial charge in [0.1, 0.15) is 5.69 Å². The van der Waals surface area contributed by atoms with Gasteiger partial charge in [0.25, 0.3) is 11.5 Å². The molecular weight excluding hydrogens is 284 g/mol. The number of rotatable bonds is 3. The molecule has 0 aliphatic carbocycles. The standard InChI is InChI=1S/C15H22N4O3/c1-11(2)10-19-14(21)5-4-13(16-19)15(22)18-8-6-17(7-9-18)12(3)20/h4-5,11H,6-10H2,1-3H3. The minimum Gasteiger partial charge on any atom is -0.339 e. The molecule has 0 spiro atoms. The maximum Gasteiger partial charge on any atom is 0.274 e. The highest BCUT2D eigenvalue weighted by molar-refractivity contribution is 5.92. The summed E-state index contributed by atoms with van der Waals surface area (Å²) in [5, 5.41) is 4.17. The van der Waals surface area contributed by atoms with E-state index in [0.29, 0.717) is 32.7 Å². The van der Waals surface area contributed by atoms with Gasteiger partial charge in [-0.3, -0.25) is 14.4 Å². The van der Waals surface area contributed by atoms with E-state index in [4.69, 9.17) is 0 Å². The number of piperazine rings is 1. The molecule has 0 radical (unpaired) electrons. The van der Waals surface area contributed by atoms with Crippen molar-refractivity contribution in [2.45, 2.75) is 27.3 Å². The first kappa shape index (κ1) is 16.2. The SMILES string of the molecule is CC(=O)N1CCN(C(=O)c2ccc(=O)n(CC(C)C)n2)CC1. The molecule has 0 N–H and O–H groups in total. The lowest BCUT2D eigenvalue weighted by Crippen LogP contribution is -2.50. The summed E-state index contributed by atoms with van der Waals surface area (Å²) >= 11 is 0. The van der Waals surface area contributed by atoms with Crippen molar-refractivity contribution in [2.75, 3.05) is 26.2 Å². The van der Waals surface area contributed by atoms with Gasteiger partial charge in [0.2, 0.25) is 5.91 Å². The largest absolute Gasteiger partial charge is 0.339 e. The lowest BCUT2D eigenvalue weighted by Gasteiger charge is -2.34. The van der Waals surface area contributed by atoms with Crippen molar-refractivity contribution in [2.24, 2.45) is 5.92 Å². The van der Waals surface area contributed by atoms with Gasteiger partial charge in [-0.25, -0.2) is 4.68 Å². The van der Waals surface area contributed by atoms with E-state index in [0.717, 1.165) is 0 Å². The molecule has 7 nitrogen and oxygen atoms in total. The van der Waals surface area contributed by atoms with Gasteiger partial charge in [-0.05, 0) is 12.0 Å². The minimum atomic E-state index is -0.202. The Labute approximate surface area is 129 Å². The molecule has 0 unspecified atom stereocenters. The Balaban J connectivity index is 2.10. The summed E-state index contributed by atoms with van der Waals surface area (Å²) in [6.07, 6.45) is 0. The summed E-state index contributed by atoms with van der Waals surface area (Å²) in [4.78, 5) is 38.9. The molecule has 1 aromatic heterocycles. The van der Waals surface area contributed by atoms with Gasteiger partial charge in [0, 0.05) is 45.7 Å². The van der Waals surface area contributed by atoms with Gasteiger partial charge in [0.15, 0.2) is 0 Å². The van der Waals surface area contributed by atoms with Gasteiger partial charge in [-0.15, -0.1) is 0 Å². The van der Waals surface area contributed by atoms with Crippen LogP contribution in [0.25, 0.3) is 0 Å². The lowest BCUT2D eigenvalue weighted by atomic mass is 10.2. The number of nitrogens with zero attached hydrogens (tertiary/aromatic N) is 4. The third-order valence-corrected chi connectivity index (χ3v) is 3.64. The second-order valence-electron chi connectivity index (χ2n) is 5.93. The zero-order valence-electron chi connectivity index (χ0n) is 13.3. The van der Waals surface area contributed by atoms with Gasteiger partial charge < -0.3 is 9.80 Å². The first-order valence-corrected chi connectivity index (χ1v) is 7.51. The number of carbonyl (C=O) groups is 2. The zero-order valence-corrected chi connectivity index (χ0v) is 13.3. The predicted molar refractivity (Wildman–Crippen MR) is 81.5 cm³/mol. The van der Waals surface area contributed by atoms with Crippen LogP contribution in [0.4, 0.5) is 0 Å². The van der Waals surface area contributed by atoms with Crippen molar-refractivity contribution < 1.29 is 9.59 Å². The fraction of sp³-hybridized carbons (Fsp3) is 0.600. The van der Waals surface area contributed by atoms with Gasteiger partial charge >= 0.3 is 0 Å². The molecule has 1 aromatic rings. The Bertz CT molecular complexity index is 615. The van der Waals surface area contributed by atoms with Crippen LogP contribution in [0.3, 0.4) is 0 Å². The number of aromatic nitrogens is 2. The van der Waals surface area contributed by atoms with Crippen molar-refractivity contribution in [3.63, 3.8) is 0 Å². The average molecular weight is 306 g/mol. The molecule has 1 saturated heterocycles. The Morgan fingerprint density at radius 3 is 2.27 bits per heavy atom. The lowest BCUT2D eigenvalue weighted by molar-refractivity contribution is -0.130. The van der Waals surface area contributed by atoms with Crippen LogP contribution in [0, 0.1) is 5.92 Å². The first-order valence-electron chi connectivity index (χ1n) is 7.51. The van der Waals surface area contributed by atoms with E-state index >= 15 is 0 Å². The highest BCUT2D eigenvalue weighted by Gasteiger charge is 2.24. The smallest absolute Gasteiger partial charge is 0.274 e. The van der Waals surface area contributed by atoms with Crippen LogP contribution in [-0.4, -0.2) is 57.6 Å². The third-order valence-electron chi connectivity index (χ3n) is 3.64. The number of amides is 2. The second-order valence-corrected chi connectivity index (χ2v) is 5.93. The van der Waals surface area contributed by atoms with E-state index in [1.165, 1.54) is 23.7 Å². The fourth-order valence-electron chi connectivity index (χ4n) is 2.43. The molecule has 1 fully saturated rings. The zero-order chi connectivity index (χ0) is 16.3. The molecule has 0 bridgehead atoms. The van der Waals surface area contributed by atoms with Crippen molar-refractivity contribution in [3.05, 3.63) is 28.2 Å². The van der Waals surface area contributed by atoms with E-state index in [1.54, 1.807) is 9.80 Å². The summed E-state index contributed by atoms with van der Waals surface area (Å²) < 4.78 is 1.34. The van der Waals surface area contributed by atoms with Crippen LogP contribution >= 0.6 is 0 Å². The monoisotopic (exact) mass is 306 g/mol. The molecule has 0 saturated carbocycles. The summed E-state index contributed by atoms with van der Waals surface area (Å²) in [5.41, 5.74) is 0.0724. The van der Waals surface area contributed by atoms with E-state index in [9.17, 15) is 14.4 Å². The van der Waals surface area contributed by atoms with Crippen molar-refractivity contribution >= 4 is 11.8 Å². The average Bonchev–Trinajstić information content (AvgIpc) is 2.48. The molecule has 0 aromatic carbocycles. The highest BCUT2D eigenvalue weighted by atomic mass is 16.2. The Morgan fingerprint density at radius 2 is 1.73 bits per heavy atom. The molecule has 1 aliphatic rings. The first-order chi connectivity index (χ1) is 10.4. The van der Waals surface area contributed by atoms with Gasteiger partial charge in [-0.1, -0.05) is 13.8 Å². The van der Waals surface area contributed by atoms with E-state index in [-0.39, 0.29) is 29.0 Å². The Morgan fingerprint density at radius 1 is 1.14 bits per heavy atom. The molecule has 2 rings (SSSR count). The van der Waals surface area contributed by atoms with Crippen LogP contribution in [-0.2, 0) is 11.3 Å². The van der Waals surface area contributed by atoms with E-state index in [1.807, 2.05) is 13.8 Å². The van der Waals surface area contributed by atoms with Crippen molar-refractivity contribution in [1.29, 1.82) is 0 Å². The molecule has 120 valence electrons. The molecule has 1 aliphatic heterocycles. The third kappa shape index (κ3) is 3.72.